The Morgan fingerprint density at radius 2 is 2.67 bits per heavy atom. The topological polar surface area (TPSA) is 15.3 Å². The molecule has 2 nitrogen and oxygen atoms in total. The van der Waals surface area contributed by atoms with Crippen LogP contribution in [0.25, 0.3) is 0 Å². The molecule has 1 rings (SSSR count). The van der Waals surface area contributed by atoms with E-state index in [0.29, 0.717) is 6.17 Å². The van der Waals surface area contributed by atoms with Gasteiger partial charge in [0.1, 0.15) is 0 Å². The van der Waals surface area contributed by atoms with Gasteiger partial charge in [-0.25, -0.2) is 0 Å². The van der Waals surface area contributed by atoms with Crippen LogP contribution in [0.5, 0.6) is 0 Å². The van der Waals surface area contributed by atoms with E-state index >= 15 is 0 Å². The molecule has 0 spiro atoms. The average Bonchev–Trinajstić information content (AvgIpc) is 2.33. The first-order valence-corrected chi connectivity index (χ1v) is 3.78. The van der Waals surface area contributed by atoms with Gasteiger partial charge in [0, 0.05) is 18.5 Å². The molecule has 0 aromatic rings. The highest BCUT2D eigenvalue weighted by Gasteiger charge is 2.18. The summed E-state index contributed by atoms with van der Waals surface area (Å²) in [6, 6.07) is 0. The van der Waals surface area contributed by atoms with Gasteiger partial charge in [-0.3, -0.25) is 10.2 Å². The van der Waals surface area contributed by atoms with Crippen LogP contribution >= 0.6 is 12.2 Å². The first kappa shape index (κ1) is 7.12. The van der Waals surface area contributed by atoms with Gasteiger partial charge >= 0.3 is 0 Å². The van der Waals surface area contributed by atoms with Crippen molar-refractivity contribution in [3.05, 3.63) is 0 Å². The molecular weight excluding hydrogens is 132 g/mol. The average molecular weight is 144 g/mol. The fourth-order valence-electron chi connectivity index (χ4n) is 1.11. The summed E-state index contributed by atoms with van der Waals surface area (Å²) in [6.07, 6.45) is 0.352. The molecule has 0 amide bonds. The van der Waals surface area contributed by atoms with Crippen molar-refractivity contribution in [3.63, 3.8) is 0 Å². The Bertz CT molecular complexity index is 105. The number of thiocarbonyl (C=S) groups is 1. The second-order valence-electron chi connectivity index (χ2n) is 2.16. The van der Waals surface area contributed by atoms with Crippen molar-refractivity contribution >= 4 is 17.6 Å². The molecule has 1 unspecified atom stereocenters. The summed E-state index contributed by atoms with van der Waals surface area (Å²) in [5.74, 6) is 0. The van der Waals surface area contributed by atoms with Crippen molar-refractivity contribution < 1.29 is 0 Å². The first-order valence-electron chi connectivity index (χ1n) is 3.31. The molecule has 1 aliphatic heterocycles. The summed E-state index contributed by atoms with van der Waals surface area (Å²) < 4.78 is 0. The molecule has 0 aromatic heterocycles. The monoisotopic (exact) mass is 144 g/mol. The second-order valence-corrected chi connectivity index (χ2v) is 2.44. The Hall–Kier alpha value is 0.01000. The van der Waals surface area contributed by atoms with Crippen molar-refractivity contribution in [2.75, 3.05) is 19.6 Å². The number of nitrogens with zero attached hydrogens (tertiary/aromatic N) is 1. The van der Waals surface area contributed by atoms with Gasteiger partial charge in [-0.15, -0.1) is 0 Å². The summed E-state index contributed by atoms with van der Waals surface area (Å²) in [4.78, 5) is 2.31. The zero-order valence-corrected chi connectivity index (χ0v) is 6.45. The van der Waals surface area contributed by atoms with Crippen LogP contribution in [0.15, 0.2) is 0 Å². The zero-order valence-electron chi connectivity index (χ0n) is 5.63. The molecule has 1 atom stereocenters. The van der Waals surface area contributed by atoms with Gasteiger partial charge in [0.05, 0.1) is 6.17 Å². The van der Waals surface area contributed by atoms with E-state index in [4.69, 9.17) is 12.2 Å². The van der Waals surface area contributed by atoms with E-state index in [-0.39, 0.29) is 0 Å². The van der Waals surface area contributed by atoms with Crippen LogP contribution in [0.4, 0.5) is 0 Å². The number of hydrogen-bond acceptors (Lipinski definition) is 3. The predicted molar refractivity (Wildman–Crippen MR) is 42.7 cm³/mol. The van der Waals surface area contributed by atoms with E-state index in [2.05, 4.69) is 17.1 Å². The molecule has 0 aromatic carbocycles. The van der Waals surface area contributed by atoms with Crippen LogP contribution in [-0.2, 0) is 0 Å². The van der Waals surface area contributed by atoms with Crippen LogP contribution in [0, 0.1) is 0 Å². The van der Waals surface area contributed by atoms with Crippen LogP contribution in [0.2, 0.25) is 0 Å². The Kier molecular flexibility index (Phi) is 2.57. The maximum Gasteiger partial charge on any atom is 0.0894 e. The summed E-state index contributed by atoms with van der Waals surface area (Å²) in [7, 11) is 0. The molecule has 0 radical (unpaired) electrons. The summed E-state index contributed by atoms with van der Waals surface area (Å²) in [6.45, 7) is 5.45. The van der Waals surface area contributed by atoms with Crippen molar-refractivity contribution in [1.82, 2.24) is 10.2 Å². The molecule has 3 heteroatoms. The van der Waals surface area contributed by atoms with Gasteiger partial charge in [-0.1, -0.05) is 19.1 Å². The normalized spacial score (nSPS) is 28.8. The third-order valence-corrected chi connectivity index (χ3v) is 1.94. The highest BCUT2D eigenvalue weighted by atomic mass is 32.1. The Morgan fingerprint density at radius 1 is 1.89 bits per heavy atom. The zero-order chi connectivity index (χ0) is 6.69. The van der Waals surface area contributed by atoms with Crippen molar-refractivity contribution in [1.29, 1.82) is 0 Å². The lowest BCUT2D eigenvalue weighted by Gasteiger charge is -2.16. The minimum atomic E-state index is 0.352. The van der Waals surface area contributed by atoms with E-state index in [1.54, 1.807) is 5.37 Å². The van der Waals surface area contributed by atoms with Gasteiger partial charge in [0.15, 0.2) is 0 Å². The lowest BCUT2D eigenvalue weighted by Crippen LogP contribution is -2.36. The van der Waals surface area contributed by atoms with Gasteiger partial charge in [-0.2, -0.15) is 0 Å². The van der Waals surface area contributed by atoms with Gasteiger partial charge in [0.2, 0.25) is 0 Å². The summed E-state index contributed by atoms with van der Waals surface area (Å²) in [5, 5.41) is 5.06. The molecule has 52 valence electrons. The SMILES string of the molecule is CCN1CCNC1C=S. The Labute approximate surface area is 61.2 Å². The van der Waals surface area contributed by atoms with Gasteiger partial charge in [-0.05, 0) is 6.54 Å². The molecule has 0 aliphatic carbocycles. The molecule has 1 N–H and O–H groups in total. The molecule has 1 fully saturated rings. The lowest BCUT2D eigenvalue weighted by molar-refractivity contribution is 0.317. The predicted octanol–water partition coefficient (Wildman–Crippen LogP) is 0.237. The van der Waals surface area contributed by atoms with Crippen molar-refractivity contribution in [2.45, 2.75) is 13.1 Å². The van der Waals surface area contributed by atoms with Crippen LogP contribution in [0.1, 0.15) is 6.92 Å². The number of nitrogens with one attached hydrogen (secondary N) is 1. The van der Waals surface area contributed by atoms with Crippen LogP contribution in [0.3, 0.4) is 0 Å². The molecule has 1 aliphatic rings. The second kappa shape index (κ2) is 3.25. The number of hydrogen-bond donors (Lipinski definition) is 1. The highest BCUT2D eigenvalue weighted by molar-refractivity contribution is 7.79. The number of rotatable bonds is 2. The Balaban J connectivity index is 2.41. The van der Waals surface area contributed by atoms with Gasteiger partial charge < -0.3 is 0 Å². The van der Waals surface area contributed by atoms with E-state index in [9.17, 15) is 0 Å². The van der Waals surface area contributed by atoms with Crippen LogP contribution < -0.4 is 5.32 Å². The minimum Gasteiger partial charge on any atom is -0.296 e. The fraction of sp³-hybridized carbons (Fsp3) is 0.833. The Morgan fingerprint density at radius 3 is 3.11 bits per heavy atom. The van der Waals surface area contributed by atoms with Crippen molar-refractivity contribution in [3.8, 4) is 0 Å². The lowest BCUT2D eigenvalue weighted by atomic mass is 10.5. The summed E-state index contributed by atoms with van der Waals surface area (Å²) >= 11 is 4.83. The molecule has 0 saturated carbocycles. The minimum absolute atomic E-state index is 0.352. The van der Waals surface area contributed by atoms with Crippen molar-refractivity contribution in [2.24, 2.45) is 0 Å². The smallest absolute Gasteiger partial charge is 0.0894 e. The van der Waals surface area contributed by atoms with E-state index < -0.39 is 0 Å². The third kappa shape index (κ3) is 1.47. The van der Waals surface area contributed by atoms with E-state index in [1.807, 2.05) is 0 Å². The molecule has 9 heavy (non-hydrogen) atoms. The van der Waals surface area contributed by atoms with E-state index in [1.165, 1.54) is 0 Å². The molecule has 0 bridgehead atoms. The first-order chi connectivity index (χ1) is 4.38. The number of likely N-dealkylation sites (N-methyl/N-ethyl adjacent to an activating group) is 1. The van der Waals surface area contributed by atoms with Gasteiger partial charge in [0.25, 0.3) is 0 Å². The maximum absolute atomic E-state index is 4.83. The largest absolute Gasteiger partial charge is 0.296 e. The third-order valence-electron chi connectivity index (χ3n) is 1.68. The maximum atomic E-state index is 4.83. The molecule has 1 heterocycles. The fourth-order valence-corrected chi connectivity index (χ4v) is 1.38. The quantitative estimate of drug-likeness (QED) is 0.559. The van der Waals surface area contributed by atoms with Crippen LogP contribution in [-0.4, -0.2) is 36.1 Å². The standard InChI is InChI=1S/C6H12N2S/c1-2-8-4-3-7-6(8)5-9/h5-7H,2-4H2,1H3. The van der Waals surface area contributed by atoms with E-state index in [0.717, 1.165) is 19.6 Å². The summed E-state index contributed by atoms with van der Waals surface area (Å²) in [5.41, 5.74) is 0. The molecular formula is C6H12N2S. The highest BCUT2D eigenvalue weighted by Crippen LogP contribution is 1.98. The molecule has 1 saturated heterocycles.